The van der Waals surface area contributed by atoms with Gasteiger partial charge in [0.2, 0.25) is 5.88 Å². The van der Waals surface area contributed by atoms with Crippen molar-refractivity contribution in [3.8, 4) is 11.6 Å². The highest BCUT2D eigenvalue weighted by molar-refractivity contribution is 6.99. The van der Waals surface area contributed by atoms with Crippen LogP contribution in [-0.2, 0) is 6.54 Å². The Balaban J connectivity index is 1.67. The van der Waals surface area contributed by atoms with Crippen molar-refractivity contribution < 1.29 is 14.6 Å². The summed E-state index contributed by atoms with van der Waals surface area (Å²) in [5.74, 6) is 1.31. The number of nitrogens with zero attached hydrogens (tertiary/aromatic N) is 2. The highest BCUT2D eigenvalue weighted by Gasteiger charge is 2.06. The average Bonchev–Trinajstić information content (AvgIpc) is 2.99. The third kappa shape index (κ3) is 5.66. The van der Waals surface area contributed by atoms with Crippen LogP contribution in [0, 0.1) is 0 Å². The van der Waals surface area contributed by atoms with Crippen LogP contribution in [-0.4, -0.2) is 39.7 Å². The molecule has 2 rings (SSSR count). The van der Waals surface area contributed by atoms with Gasteiger partial charge in [0, 0.05) is 13.1 Å². The van der Waals surface area contributed by atoms with Gasteiger partial charge in [-0.05, 0) is 24.6 Å². The van der Waals surface area contributed by atoms with Crippen LogP contribution in [0.25, 0.3) is 0 Å². The molecule has 0 fully saturated rings. The Morgan fingerprint density at radius 2 is 2.29 bits per heavy atom. The van der Waals surface area contributed by atoms with Gasteiger partial charge in [0.1, 0.15) is 24.7 Å². The summed E-state index contributed by atoms with van der Waals surface area (Å²) in [6.45, 7) is 3.90. The van der Waals surface area contributed by atoms with E-state index in [4.69, 9.17) is 9.47 Å². The first-order valence-electron chi connectivity index (χ1n) is 6.79. The summed E-state index contributed by atoms with van der Waals surface area (Å²) in [6, 6.07) is 7.88. The molecule has 7 heteroatoms. The lowest BCUT2D eigenvalue weighted by Crippen LogP contribution is -2.31. The molecule has 0 aliphatic heterocycles. The molecule has 0 aliphatic carbocycles. The van der Waals surface area contributed by atoms with Crippen molar-refractivity contribution in [2.75, 3.05) is 19.8 Å². The Hall–Kier alpha value is -1.70. The predicted octanol–water partition coefficient (Wildman–Crippen LogP) is 1.47. The second kappa shape index (κ2) is 8.56. The Kier molecular flexibility index (Phi) is 6.39. The number of aromatic nitrogens is 2. The lowest BCUT2D eigenvalue weighted by atomic mass is 10.2. The van der Waals surface area contributed by atoms with Gasteiger partial charge in [0.25, 0.3) is 0 Å². The van der Waals surface area contributed by atoms with E-state index in [0.717, 1.165) is 23.0 Å². The standard InChI is InChI=1S/C14H19N3O3S/c1-2-19-13-5-3-4-11(6-13)7-15-8-12(18)10-20-14-9-16-21-17-14/h3-6,9,12,15,18H,2,7-8,10H2,1H3. The molecule has 1 heterocycles. The summed E-state index contributed by atoms with van der Waals surface area (Å²) in [5, 5.41) is 13.0. The molecule has 0 radical (unpaired) electrons. The molecule has 0 saturated heterocycles. The zero-order chi connectivity index (χ0) is 14.9. The maximum absolute atomic E-state index is 9.81. The Morgan fingerprint density at radius 3 is 3.05 bits per heavy atom. The van der Waals surface area contributed by atoms with Crippen molar-refractivity contribution in [1.82, 2.24) is 14.1 Å². The van der Waals surface area contributed by atoms with Gasteiger partial charge in [-0.3, -0.25) is 0 Å². The smallest absolute Gasteiger partial charge is 0.245 e. The maximum Gasteiger partial charge on any atom is 0.245 e. The summed E-state index contributed by atoms with van der Waals surface area (Å²) >= 11 is 1.08. The minimum absolute atomic E-state index is 0.192. The first kappa shape index (κ1) is 15.7. The fourth-order valence-corrected chi connectivity index (χ4v) is 2.12. The lowest BCUT2D eigenvalue weighted by molar-refractivity contribution is 0.104. The molecule has 0 spiro atoms. The molecule has 21 heavy (non-hydrogen) atoms. The molecule has 0 saturated carbocycles. The number of ether oxygens (including phenoxy) is 2. The number of hydrogen-bond donors (Lipinski definition) is 2. The largest absolute Gasteiger partial charge is 0.494 e. The molecule has 0 amide bonds. The van der Waals surface area contributed by atoms with Crippen LogP contribution in [0.3, 0.4) is 0 Å². The van der Waals surface area contributed by atoms with E-state index in [1.165, 1.54) is 6.20 Å². The van der Waals surface area contributed by atoms with Gasteiger partial charge < -0.3 is 19.9 Å². The van der Waals surface area contributed by atoms with Crippen molar-refractivity contribution in [3.05, 3.63) is 36.0 Å². The minimum Gasteiger partial charge on any atom is -0.494 e. The average molecular weight is 309 g/mol. The van der Waals surface area contributed by atoms with Gasteiger partial charge in [-0.25, -0.2) is 0 Å². The maximum atomic E-state index is 9.81. The van der Waals surface area contributed by atoms with Gasteiger partial charge >= 0.3 is 0 Å². The molecule has 2 aromatic rings. The summed E-state index contributed by atoms with van der Waals surface area (Å²) in [6.07, 6.45) is 0.936. The Morgan fingerprint density at radius 1 is 1.38 bits per heavy atom. The summed E-state index contributed by atoms with van der Waals surface area (Å²) in [7, 11) is 0. The second-order valence-corrected chi connectivity index (χ2v) is 4.98. The molecule has 6 nitrogen and oxygen atoms in total. The third-order valence-corrected chi connectivity index (χ3v) is 3.14. The molecule has 114 valence electrons. The van der Waals surface area contributed by atoms with Crippen LogP contribution in [0.15, 0.2) is 30.5 Å². The van der Waals surface area contributed by atoms with Gasteiger partial charge in [0.05, 0.1) is 18.3 Å². The van der Waals surface area contributed by atoms with Gasteiger partial charge in [0.15, 0.2) is 0 Å². The van der Waals surface area contributed by atoms with Crippen LogP contribution >= 0.6 is 11.7 Å². The van der Waals surface area contributed by atoms with Gasteiger partial charge in [-0.1, -0.05) is 12.1 Å². The topological polar surface area (TPSA) is 76.5 Å². The van der Waals surface area contributed by atoms with E-state index >= 15 is 0 Å². The lowest BCUT2D eigenvalue weighted by Gasteiger charge is -2.12. The Labute approximate surface area is 128 Å². The number of aliphatic hydroxyl groups excluding tert-OH is 1. The van der Waals surface area contributed by atoms with Crippen molar-refractivity contribution in [3.63, 3.8) is 0 Å². The van der Waals surface area contributed by atoms with E-state index in [1.54, 1.807) is 0 Å². The van der Waals surface area contributed by atoms with Crippen molar-refractivity contribution in [2.24, 2.45) is 0 Å². The molecule has 1 aromatic carbocycles. The molecule has 0 aliphatic rings. The van der Waals surface area contributed by atoms with E-state index in [9.17, 15) is 5.11 Å². The monoisotopic (exact) mass is 309 g/mol. The van der Waals surface area contributed by atoms with Gasteiger partial charge in [-0.15, -0.1) is 4.37 Å². The number of hydrogen-bond acceptors (Lipinski definition) is 7. The molecular weight excluding hydrogens is 290 g/mol. The molecule has 2 N–H and O–H groups in total. The minimum atomic E-state index is -0.596. The quantitative estimate of drug-likeness (QED) is 0.730. The first-order chi connectivity index (χ1) is 10.3. The van der Waals surface area contributed by atoms with Crippen molar-refractivity contribution in [1.29, 1.82) is 0 Å². The van der Waals surface area contributed by atoms with Crippen LogP contribution in [0.4, 0.5) is 0 Å². The van der Waals surface area contributed by atoms with E-state index in [2.05, 4.69) is 14.1 Å². The zero-order valence-corrected chi connectivity index (χ0v) is 12.7. The summed E-state index contributed by atoms with van der Waals surface area (Å²) < 4.78 is 18.5. The predicted molar refractivity (Wildman–Crippen MR) is 80.7 cm³/mol. The molecule has 1 atom stereocenters. The highest BCUT2D eigenvalue weighted by Crippen LogP contribution is 2.13. The number of benzene rings is 1. The number of rotatable bonds is 9. The third-order valence-electron chi connectivity index (χ3n) is 2.68. The van der Waals surface area contributed by atoms with Crippen LogP contribution in [0.5, 0.6) is 11.6 Å². The highest BCUT2D eigenvalue weighted by atomic mass is 32.1. The molecule has 1 unspecified atom stereocenters. The normalized spacial score (nSPS) is 12.1. The van der Waals surface area contributed by atoms with Crippen LogP contribution < -0.4 is 14.8 Å². The van der Waals surface area contributed by atoms with Gasteiger partial charge in [-0.2, -0.15) is 4.37 Å². The fourth-order valence-electron chi connectivity index (χ4n) is 1.76. The second-order valence-electron chi connectivity index (χ2n) is 4.42. The summed E-state index contributed by atoms with van der Waals surface area (Å²) in [5.41, 5.74) is 1.11. The number of nitrogens with one attached hydrogen (secondary N) is 1. The number of aliphatic hydroxyl groups is 1. The van der Waals surface area contributed by atoms with E-state index < -0.39 is 6.10 Å². The van der Waals surface area contributed by atoms with Crippen LogP contribution in [0.2, 0.25) is 0 Å². The molecule has 0 bridgehead atoms. The van der Waals surface area contributed by atoms with E-state index in [0.29, 0.717) is 25.6 Å². The van der Waals surface area contributed by atoms with Crippen LogP contribution in [0.1, 0.15) is 12.5 Å². The molecular formula is C14H19N3O3S. The Bertz CT molecular complexity index is 522. The first-order valence-corrected chi connectivity index (χ1v) is 7.52. The van der Waals surface area contributed by atoms with Crippen molar-refractivity contribution >= 4 is 11.7 Å². The van der Waals surface area contributed by atoms with E-state index in [1.807, 2.05) is 31.2 Å². The van der Waals surface area contributed by atoms with E-state index in [-0.39, 0.29) is 6.61 Å². The molecule has 1 aromatic heterocycles. The SMILES string of the molecule is CCOc1cccc(CNCC(O)COc2cnsn2)c1. The zero-order valence-electron chi connectivity index (χ0n) is 11.9. The van der Waals surface area contributed by atoms with Crippen molar-refractivity contribution in [2.45, 2.75) is 19.6 Å². The summed E-state index contributed by atoms with van der Waals surface area (Å²) in [4.78, 5) is 0. The fraction of sp³-hybridized carbons (Fsp3) is 0.429.